The minimum absolute atomic E-state index is 0.125. The second-order valence-electron chi connectivity index (χ2n) is 5.48. The van der Waals surface area contributed by atoms with E-state index in [1.807, 2.05) is 25.1 Å². The minimum Gasteiger partial charge on any atom is -0.319 e. The zero-order valence-electron chi connectivity index (χ0n) is 11.3. The Balaban J connectivity index is 1.88. The Morgan fingerprint density at radius 1 is 1.16 bits per heavy atom. The summed E-state index contributed by atoms with van der Waals surface area (Å²) in [6.45, 7) is 2.00. The minimum atomic E-state index is -0.125. The molecule has 1 unspecified atom stereocenters. The molecule has 1 aliphatic rings. The largest absolute Gasteiger partial charge is 0.319 e. The maximum atomic E-state index is 6.35. The van der Waals surface area contributed by atoms with E-state index >= 15 is 0 Å². The highest BCUT2D eigenvalue weighted by atomic mass is 14.8. The molecule has 1 saturated carbocycles. The fourth-order valence-corrected chi connectivity index (χ4v) is 2.66. The molecule has 0 saturated heterocycles. The number of pyridine rings is 1. The number of hydrogen-bond acceptors (Lipinski definition) is 2. The molecule has 2 nitrogen and oxygen atoms in total. The van der Waals surface area contributed by atoms with Gasteiger partial charge >= 0.3 is 0 Å². The summed E-state index contributed by atoms with van der Waals surface area (Å²) in [6, 6.07) is 14.6. The standard InChI is InChI=1S/C17H20N2/c1-12-5-2-10-16(19-12)17(18)15-9-4-8-14(11-15)13-6-3-7-13/h2,4-5,8-11,13,17H,3,6-7,18H2,1H3. The van der Waals surface area contributed by atoms with E-state index in [0.717, 1.165) is 17.3 Å². The van der Waals surface area contributed by atoms with E-state index in [1.165, 1.54) is 30.4 Å². The van der Waals surface area contributed by atoms with E-state index in [9.17, 15) is 0 Å². The van der Waals surface area contributed by atoms with E-state index in [1.54, 1.807) is 0 Å². The summed E-state index contributed by atoms with van der Waals surface area (Å²) in [6.07, 6.45) is 4.00. The number of benzene rings is 1. The summed E-state index contributed by atoms with van der Waals surface area (Å²) in [5, 5.41) is 0. The topological polar surface area (TPSA) is 38.9 Å². The molecule has 1 aromatic heterocycles. The average Bonchev–Trinajstić information content (AvgIpc) is 2.36. The Bertz CT molecular complexity index is 573. The maximum absolute atomic E-state index is 6.35. The van der Waals surface area contributed by atoms with Crippen LogP contribution in [0.15, 0.2) is 42.5 Å². The molecule has 1 aliphatic carbocycles. The molecular formula is C17H20N2. The van der Waals surface area contributed by atoms with E-state index in [-0.39, 0.29) is 6.04 Å². The van der Waals surface area contributed by atoms with Crippen LogP contribution in [0.3, 0.4) is 0 Å². The lowest BCUT2D eigenvalue weighted by Gasteiger charge is -2.26. The summed E-state index contributed by atoms with van der Waals surface area (Å²) in [5.41, 5.74) is 10.9. The van der Waals surface area contributed by atoms with Crippen LogP contribution in [-0.4, -0.2) is 4.98 Å². The SMILES string of the molecule is Cc1cccc(C(N)c2cccc(C3CCC3)c2)n1. The molecule has 0 bridgehead atoms. The van der Waals surface area contributed by atoms with Crippen molar-refractivity contribution < 1.29 is 0 Å². The zero-order valence-corrected chi connectivity index (χ0v) is 11.3. The fourth-order valence-electron chi connectivity index (χ4n) is 2.66. The first-order valence-electron chi connectivity index (χ1n) is 7.03. The zero-order chi connectivity index (χ0) is 13.2. The van der Waals surface area contributed by atoms with Crippen LogP contribution < -0.4 is 5.73 Å². The third-order valence-corrected chi connectivity index (χ3v) is 4.07. The molecule has 19 heavy (non-hydrogen) atoms. The summed E-state index contributed by atoms with van der Waals surface area (Å²) < 4.78 is 0. The van der Waals surface area contributed by atoms with Gasteiger partial charge in [0.15, 0.2) is 0 Å². The van der Waals surface area contributed by atoms with Crippen molar-refractivity contribution in [3.63, 3.8) is 0 Å². The molecule has 98 valence electrons. The van der Waals surface area contributed by atoms with Crippen LogP contribution in [0.25, 0.3) is 0 Å². The maximum Gasteiger partial charge on any atom is 0.0726 e. The van der Waals surface area contributed by atoms with Gasteiger partial charge in [0.2, 0.25) is 0 Å². The second kappa shape index (κ2) is 5.14. The normalized spacial score (nSPS) is 16.9. The van der Waals surface area contributed by atoms with Crippen LogP contribution in [0, 0.1) is 6.92 Å². The van der Waals surface area contributed by atoms with Crippen LogP contribution in [0.5, 0.6) is 0 Å². The van der Waals surface area contributed by atoms with Crippen molar-refractivity contribution in [1.82, 2.24) is 4.98 Å². The van der Waals surface area contributed by atoms with Gasteiger partial charge in [-0.05, 0) is 48.9 Å². The van der Waals surface area contributed by atoms with Gasteiger partial charge in [-0.15, -0.1) is 0 Å². The number of hydrogen-bond donors (Lipinski definition) is 1. The Morgan fingerprint density at radius 2 is 1.95 bits per heavy atom. The first-order chi connectivity index (χ1) is 9.24. The smallest absolute Gasteiger partial charge is 0.0726 e. The van der Waals surface area contributed by atoms with Gasteiger partial charge in [-0.1, -0.05) is 36.8 Å². The third-order valence-electron chi connectivity index (χ3n) is 4.07. The number of nitrogens with two attached hydrogens (primary N) is 1. The second-order valence-corrected chi connectivity index (χ2v) is 5.48. The lowest BCUT2D eigenvalue weighted by atomic mass is 9.79. The molecule has 0 radical (unpaired) electrons. The Labute approximate surface area is 114 Å². The molecular weight excluding hydrogens is 232 g/mol. The third kappa shape index (κ3) is 2.54. The monoisotopic (exact) mass is 252 g/mol. The summed E-state index contributed by atoms with van der Waals surface area (Å²) in [5.74, 6) is 0.748. The van der Waals surface area contributed by atoms with Crippen molar-refractivity contribution in [2.45, 2.75) is 38.1 Å². The molecule has 2 N–H and O–H groups in total. The Morgan fingerprint density at radius 3 is 2.63 bits per heavy atom. The van der Waals surface area contributed by atoms with Gasteiger partial charge in [0, 0.05) is 5.69 Å². The van der Waals surface area contributed by atoms with Gasteiger partial charge in [0.05, 0.1) is 11.7 Å². The van der Waals surface area contributed by atoms with Crippen LogP contribution >= 0.6 is 0 Å². The van der Waals surface area contributed by atoms with E-state index in [2.05, 4.69) is 29.2 Å². The lowest BCUT2D eigenvalue weighted by Crippen LogP contribution is -2.15. The van der Waals surface area contributed by atoms with E-state index in [4.69, 9.17) is 5.73 Å². The molecule has 1 fully saturated rings. The van der Waals surface area contributed by atoms with Gasteiger partial charge in [0.1, 0.15) is 0 Å². The van der Waals surface area contributed by atoms with Crippen molar-refractivity contribution in [3.8, 4) is 0 Å². The van der Waals surface area contributed by atoms with Gasteiger partial charge in [-0.25, -0.2) is 0 Å². The quantitative estimate of drug-likeness (QED) is 0.904. The highest BCUT2D eigenvalue weighted by Crippen LogP contribution is 2.37. The molecule has 0 amide bonds. The van der Waals surface area contributed by atoms with Crippen molar-refractivity contribution in [2.75, 3.05) is 0 Å². The van der Waals surface area contributed by atoms with Crippen LogP contribution in [-0.2, 0) is 0 Å². The predicted octanol–water partition coefficient (Wildman–Crippen LogP) is 3.71. The molecule has 1 aromatic carbocycles. The molecule has 0 spiro atoms. The molecule has 0 aliphatic heterocycles. The Kier molecular flexibility index (Phi) is 3.34. The van der Waals surface area contributed by atoms with E-state index < -0.39 is 0 Å². The summed E-state index contributed by atoms with van der Waals surface area (Å²) >= 11 is 0. The molecule has 3 rings (SSSR count). The van der Waals surface area contributed by atoms with E-state index in [0.29, 0.717) is 0 Å². The van der Waals surface area contributed by atoms with Gasteiger partial charge in [-0.2, -0.15) is 0 Å². The first-order valence-corrected chi connectivity index (χ1v) is 7.03. The van der Waals surface area contributed by atoms with Crippen LogP contribution in [0.4, 0.5) is 0 Å². The Hall–Kier alpha value is -1.67. The highest BCUT2D eigenvalue weighted by Gasteiger charge is 2.20. The number of aryl methyl sites for hydroxylation is 1. The van der Waals surface area contributed by atoms with Crippen LogP contribution in [0.2, 0.25) is 0 Å². The van der Waals surface area contributed by atoms with Crippen molar-refractivity contribution in [2.24, 2.45) is 5.73 Å². The van der Waals surface area contributed by atoms with Gasteiger partial charge in [0.25, 0.3) is 0 Å². The number of nitrogens with zero attached hydrogens (tertiary/aromatic N) is 1. The average molecular weight is 252 g/mol. The number of aromatic nitrogens is 1. The summed E-state index contributed by atoms with van der Waals surface area (Å²) in [7, 11) is 0. The lowest BCUT2D eigenvalue weighted by molar-refractivity contribution is 0.419. The van der Waals surface area contributed by atoms with Crippen molar-refractivity contribution in [3.05, 3.63) is 65.0 Å². The number of rotatable bonds is 3. The summed E-state index contributed by atoms with van der Waals surface area (Å²) in [4.78, 5) is 4.53. The van der Waals surface area contributed by atoms with Crippen LogP contribution in [0.1, 0.15) is 53.7 Å². The predicted molar refractivity (Wildman–Crippen MR) is 78.0 cm³/mol. The van der Waals surface area contributed by atoms with Crippen molar-refractivity contribution in [1.29, 1.82) is 0 Å². The van der Waals surface area contributed by atoms with Crippen molar-refractivity contribution >= 4 is 0 Å². The first kappa shape index (κ1) is 12.4. The van der Waals surface area contributed by atoms with Gasteiger partial charge < -0.3 is 5.73 Å². The molecule has 1 atom stereocenters. The van der Waals surface area contributed by atoms with Gasteiger partial charge in [-0.3, -0.25) is 4.98 Å². The molecule has 2 aromatic rings. The molecule has 2 heteroatoms. The highest BCUT2D eigenvalue weighted by molar-refractivity contribution is 5.33. The fraction of sp³-hybridized carbons (Fsp3) is 0.353. The molecule has 1 heterocycles.